The molecule has 0 saturated heterocycles. The van der Waals surface area contributed by atoms with Crippen LogP contribution in [0.25, 0.3) is 6.08 Å². The van der Waals surface area contributed by atoms with Crippen LogP contribution in [0.5, 0.6) is 0 Å². The van der Waals surface area contributed by atoms with E-state index in [2.05, 4.69) is 29.0 Å². The maximum atomic E-state index is 12.1. The van der Waals surface area contributed by atoms with E-state index >= 15 is 0 Å². The van der Waals surface area contributed by atoms with Crippen LogP contribution in [0.1, 0.15) is 30.0 Å². The summed E-state index contributed by atoms with van der Waals surface area (Å²) in [5, 5.41) is 14.2. The highest BCUT2D eigenvalue weighted by atomic mass is 32.1. The summed E-state index contributed by atoms with van der Waals surface area (Å²) in [6.45, 7) is 6.19. The van der Waals surface area contributed by atoms with E-state index in [4.69, 9.17) is 0 Å². The number of hydrogen-bond donors (Lipinski definition) is 1. The van der Waals surface area contributed by atoms with E-state index < -0.39 is 4.92 Å². The molecule has 1 N–H and O–H groups in total. The van der Waals surface area contributed by atoms with Crippen molar-refractivity contribution in [2.45, 2.75) is 32.9 Å². The predicted molar refractivity (Wildman–Crippen MR) is 102 cm³/mol. The van der Waals surface area contributed by atoms with Crippen LogP contribution < -0.4 is 5.32 Å². The molecule has 0 radical (unpaired) electrons. The number of nitrogens with one attached hydrogen (secondary N) is 1. The lowest BCUT2D eigenvalue weighted by Gasteiger charge is -2.29. The van der Waals surface area contributed by atoms with Crippen LogP contribution in [0.2, 0.25) is 0 Å². The minimum Gasteiger partial charge on any atom is -0.298 e. The van der Waals surface area contributed by atoms with E-state index in [0.29, 0.717) is 16.7 Å². The summed E-state index contributed by atoms with van der Waals surface area (Å²) in [4.78, 5) is 30.5. The normalized spacial score (nSPS) is 14.6. The maximum Gasteiger partial charge on any atom is 0.270 e. The van der Waals surface area contributed by atoms with Gasteiger partial charge < -0.3 is 0 Å². The van der Waals surface area contributed by atoms with Gasteiger partial charge in [-0.1, -0.05) is 12.1 Å². The fourth-order valence-electron chi connectivity index (χ4n) is 2.77. The van der Waals surface area contributed by atoms with Crippen LogP contribution >= 0.6 is 11.3 Å². The number of non-ortho nitro benzene ring substituents is 1. The number of carbonyl (C=O) groups excluding carboxylic acids is 1. The summed E-state index contributed by atoms with van der Waals surface area (Å²) >= 11 is 1.50. The molecule has 0 aliphatic carbocycles. The van der Waals surface area contributed by atoms with E-state index in [1.54, 1.807) is 18.2 Å². The number of nitro benzene ring substituents is 1. The van der Waals surface area contributed by atoms with Crippen LogP contribution in [-0.2, 0) is 17.8 Å². The van der Waals surface area contributed by atoms with Crippen molar-refractivity contribution in [2.24, 2.45) is 0 Å². The Bertz CT molecular complexity index is 860. The fraction of sp³-hybridized carbons (Fsp3) is 0.333. The minimum atomic E-state index is -0.460. The molecule has 136 valence electrons. The van der Waals surface area contributed by atoms with Crippen LogP contribution in [0.4, 0.5) is 10.8 Å². The molecule has 0 fully saturated rings. The number of thiazole rings is 1. The topological polar surface area (TPSA) is 88.4 Å². The van der Waals surface area contributed by atoms with E-state index in [9.17, 15) is 14.9 Å². The summed E-state index contributed by atoms with van der Waals surface area (Å²) < 4.78 is 0. The highest BCUT2D eigenvalue weighted by molar-refractivity contribution is 7.15. The van der Waals surface area contributed by atoms with Gasteiger partial charge in [-0.3, -0.25) is 25.1 Å². The van der Waals surface area contributed by atoms with Crippen LogP contribution in [0.15, 0.2) is 30.3 Å². The molecule has 1 aromatic carbocycles. The molecule has 1 aromatic heterocycles. The summed E-state index contributed by atoms with van der Waals surface area (Å²) in [6.07, 6.45) is 3.81. The summed E-state index contributed by atoms with van der Waals surface area (Å²) in [5.74, 6) is -0.302. The molecule has 3 rings (SSSR count). The van der Waals surface area contributed by atoms with E-state index in [-0.39, 0.29) is 11.6 Å². The second kappa shape index (κ2) is 7.76. The first-order valence-electron chi connectivity index (χ1n) is 8.38. The number of hydrogen-bond acceptors (Lipinski definition) is 6. The van der Waals surface area contributed by atoms with Crippen molar-refractivity contribution in [3.8, 4) is 0 Å². The van der Waals surface area contributed by atoms with E-state index in [1.165, 1.54) is 34.4 Å². The monoisotopic (exact) mass is 372 g/mol. The fourth-order valence-corrected chi connectivity index (χ4v) is 3.81. The molecule has 0 bridgehead atoms. The molecule has 1 aliphatic rings. The molecule has 2 heterocycles. The molecule has 7 nitrogen and oxygen atoms in total. The quantitative estimate of drug-likeness (QED) is 0.493. The molecular weight excluding hydrogens is 352 g/mol. The second-order valence-corrected chi connectivity index (χ2v) is 7.46. The standard InChI is InChI=1S/C18H20N4O3S/c1-12(2)21-9-8-15-16(11-21)26-18(19-15)20-17(23)7-6-13-4-3-5-14(10-13)22(24)25/h3-7,10,12H,8-9,11H2,1-2H3,(H,19,20,23)/b7-6+. The first-order valence-corrected chi connectivity index (χ1v) is 9.20. The third-order valence-corrected chi connectivity index (χ3v) is 5.23. The molecule has 26 heavy (non-hydrogen) atoms. The summed E-state index contributed by atoms with van der Waals surface area (Å²) in [5.41, 5.74) is 1.65. The van der Waals surface area contributed by atoms with Gasteiger partial charge in [0.05, 0.1) is 10.6 Å². The SMILES string of the molecule is CC(C)N1CCc2nc(NC(=O)/C=C/c3cccc([N+](=O)[O-])c3)sc2C1. The largest absolute Gasteiger partial charge is 0.298 e. The average molecular weight is 372 g/mol. The van der Waals surface area contributed by atoms with Gasteiger partial charge in [0.25, 0.3) is 5.69 Å². The number of benzene rings is 1. The Hall–Kier alpha value is -2.58. The lowest BCUT2D eigenvalue weighted by molar-refractivity contribution is -0.384. The van der Waals surface area contributed by atoms with Crippen molar-refractivity contribution in [1.29, 1.82) is 0 Å². The van der Waals surface area contributed by atoms with Crippen molar-refractivity contribution in [3.63, 3.8) is 0 Å². The zero-order chi connectivity index (χ0) is 18.7. The highest BCUT2D eigenvalue weighted by Gasteiger charge is 2.22. The average Bonchev–Trinajstić information content (AvgIpc) is 3.01. The number of carbonyl (C=O) groups is 1. The van der Waals surface area contributed by atoms with Crippen LogP contribution in [0.3, 0.4) is 0 Å². The maximum absolute atomic E-state index is 12.1. The molecule has 0 saturated carbocycles. The number of anilines is 1. The Morgan fingerprint density at radius 3 is 3.00 bits per heavy atom. The van der Waals surface area contributed by atoms with Gasteiger partial charge in [-0.15, -0.1) is 11.3 Å². The zero-order valence-electron chi connectivity index (χ0n) is 14.6. The summed E-state index contributed by atoms with van der Waals surface area (Å²) in [6, 6.07) is 6.62. The van der Waals surface area contributed by atoms with Crippen molar-refractivity contribution < 1.29 is 9.72 Å². The molecule has 1 aliphatic heterocycles. The van der Waals surface area contributed by atoms with Gasteiger partial charge in [-0.05, 0) is 25.5 Å². The van der Waals surface area contributed by atoms with Crippen molar-refractivity contribution >= 4 is 34.1 Å². The van der Waals surface area contributed by atoms with Crippen LogP contribution in [-0.4, -0.2) is 33.3 Å². The minimum absolute atomic E-state index is 0.00476. The van der Waals surface area contributed by atoms with Crippen LogP contribution in [0, 0.1) is 10.1 Å². The van der Waals surface area contributed by atoms with Gasteiger partial charge in [-0.2, -0.15) is 0 Å². The van der Waals surface area contributed by atoms with Gasteiger partial charge in [0.2, 0.25) is 5.91 Å². The third kappa shape index (κ3) is 4.33. The zero-order valence-corrected chi connectivity index (χ0v) is 15.5. The molecule has 2 aromatic rings. The summed E-state index contributed by atoms with van der Waals surface area (Å²) in [7, 11) is 0. The Balaban J connectivity index is 1.64. The van der Waals surface area contributed by atoms with Crippen molar-refractivity contribution in [1.82, 2.24) is 9.88 Å². The highest BCUT2D eigenvalue weighted by Crippen LogP contribution is 2.29. The van der Waals surface area contributed by atoms with Crippen molar-refractivity contribution in [2.75, 3.05) is 11.9 Å². The lowest BCUT2D eigenvalue weighted by atomic mass is 10.1. The van der Waals surface area contributed by atoms with Gasteiger partial charge in [-0.25, -0.2) is 4.98 Å². The number of nitro groups is 1. The van der Waals surface area contributed by atoms with Gasteiger partial charge in [0.1, 0.15) is 0 Å². The first kappa shape index (κ1) is 18.2. The number of aromatic nitrogens is 1. The number of nitrogens with zero attached hydrogens (tertiary/aromatic N) is 3. The number of rotatable bonds is 5. The predicted octanol–water partition coefficient (Wildman–Crippen LogP) is 3.47. The van der Waals surface area contributed by atoms with Crippen molar-refractivity contribution in [3.05, 3.63) is 56.6 Å². The number of fused-ring (bicyclic) bond motifs is 1. The Kier molecular flexibility index (Phi) is 5.43. The Labute approximate surface area is 155 Å². The van der Waals surface area contributed by atoms with E-state index in [1.807, 2.05) is 0 Å². The van der Waals surface area contributed by atoms with E-state index in [0.717, 1.165) is 25.2 Å². The number of amides is 1. The van der Waals surface area contributed by atoms with Gasteiger partial charge >= 0.3 is 0 Å². The smallest absolute Gasteiger partial charge is 0.270 e. The molecule has 8 heteroatoms. The molecule has 0 spiro atoms. The molecule has 0 atom stereocenters. The van der Waals surface area contributed by atoms with Gasteiger partial charge in [0, 0.05) is 48.6 Å². The molecule has 1 amide bonds. The van der Waals surface area contributed by atoms with Gasteiger partial charge in [0.15, 0.2) is 5.13 Å². The second-order valence-electron chi connectivity index (χ2n) is 6.38. The Morgan fingerprint density at radius 2 is 2.27 bits per heavy atom. The molecule has 0 unspecified atom stereocenters. The first-order chi connectivity index (χ1) is 12.4. The third-order valence-electron chi connectivity index (χ3n) is 4.23. The molecular formula is C18H20N4O3S. The lowest BCUT2D eigenvalue weighted by Crippen LogP contribution is -2.35. The Morgan fingerprint density at radius 1 is 1.46 bits per heavy atom.